The van der Waals surface area contributed by atoms with Crippen LogP contribution in [0.4, 0.5) is 0 Å². The predicted molar refractivity (Wildman–Crippen MR) is 87.8 cm³/mol. The lowest BCUT2D eigenvalue weighted by Gasteiger charge is -2.36. The van der Waals surface area contributed by atoms with E-state index in [0.29, 0.717) is 12.5 Å². The summed E-state index contributed by atoms with van der Waals surface area (Å²) in [7, 11) is 1.69. The number of piperidine rings is 1. The SMILES string of the molecule is COCC1(C(=O)NCC2CCCC(C)C2)CCNCC1.Cl. The second-order valence-corrected chi connectivity index (χ2v) is 6.81. The summed E-state index contributed by atoms with van der Waals surface area (Å²) in [4.78, 5) is 12.6. The van der Waals surface area contributed by atoms with Crippen molar-refractivity contribution in [1.82, 2.24) is 10.6 Å². The van der Waals surface area contributed by atoms with Gasteiger partial charge in [0, 0.05) is 13.7 Å². The molecule has 0 bridgehead atoms. The fourth-order valence-corrected chi connectivity index (χ4v) is 3.79. The molecule has 2 N–H and O–H groups in total. The summed E-state index contributed by atoms with van der Waals surface area (Å²) in [6.45, 7) is 5.55. The molecule has 1 saturated heterocycles. The van der Waals surface area contributed by atoms with Gasteiger partial charge < -0.3 is 15.4 Å². The Morgan fingerprint density at radius 3 is 2.67 bits per heavy atom. The number of hydrogen-bond donors (Lipinski definition) is 2. The van der Waals surface area contributed by atoms with Gasteiger partial charge in [0.1, 0.15) is 0 Å². The van der Waals surface area contributed by atoms with E-state index in [1.165, 1.54) is 25.7 Å². The van der Waals surface area contributed by atoms with Gasteiger partial charge in [-0.1, -0.05) is 19.8 Å². The standard InChI is InChI=1S/C16H30N2O2.ClH/c1-13-4-3-5-14(10-13)11-18-15(19)16(12-20-2)6-8-17-9-7-16;/h13-14,17H,3-12H2,1-2H3,(H,18,19);1H. The molecule has 1 amide bonds. The third-order valence-corrected chi connectivity index (χ3v) is 5.06. The maximum Gasteiger partial charge on any atom is 0.228 e. The number of halogens is 1. The number of carbonyl (C=O) groups is 1. The lowest BCUT2D eigenvalue weighted by molar-refractivity contribution is -0.136. The van der Waals surface area contributed by atoms with Crippen molar-refractivity contribution in [3.05, 3.63) is 0 Å². The minimum absolute atomic E-state index is 0. The Bertz CT molecular complexity index is 314. The van der Waals surface area contributed by atoms with Crippen LogP contribution >= 0.6 is 12.4 Å². The molecule has 1 aliphatic carbocycles. The number of nitrogens with one attached hydrogen (secondary N) is 2. The second-order valence-electron chi connectivity index (χ2n) is 6.81. The van der Waals surface area contributed by atoms with Crippen LogP contribution in [0.5, 0.6) is 0 Å². The fraction of sp³-hybridized carbons (Fsp3) is 0.938. The molecule has 1 heterocycles. The molecular weight excluding hydrogens is 288 g/mol. The van der Waals surface area contributed by atoms with E-state index in [2.05, 4.69) is 17.6 Å². The van der Waals surface area contributed by atoms with Crippen LogP contribution in [0.3, 0.4) is 0 Å². The topological polar surface area (TPSA) is 50.4 Å². The van der Waals surface area contributed by atoms with Crippen molar-refractivity contribution in [1.29, 1.82) is 0 Å². The number of rotatable bonds is 5. The van der Waals surface area contributed by atoms with Crippen molar-refractivity contribution in [2.75, 3.05) is 33.4 Å². The van der Waals surface area contributed by atoms with Gasteiger partial charge in [-0.15, -0.1) is 12.4 Å². The minimum Gasteiger partial charge on any atom is -0.384 e. The molecule has 2 fully saturated rings. The maximum absolute atomic E-state index is 12.6. The largest absolute Gasteiger partial charge is 0.384 e. The second kappa shape index (κ2) is 8.96. The van der Waals surface area contributed by atoms with E-state index in [9.17, 15) is 4.79 Å². The minimum atomic E-state index is -0.305. The van der Waals surface area contributed by atoms with Crippen molar-refractivity contribution < 1.29 is 9.53 Å². The zero-order valence-electron chi connectivity index (χ0n) is 13.5. The molecule has 0 spiro atoms. The highest BCUT2D eigenvalue weighted by atomic mass is 35.5. The number of amides is 1. The van der Waals surface area contributed by atoms with Gasteiger partial charge in [0.25, 0.3) is 0 Å². The zero-order chi connectivity index (χ0) is 14.4. The van der Waals surface area contributed by atoms with Gasteiger partial charge in [-0.25, -0.2) is 0 Å². The first kappa shape index (κ1) is 18.7. The quantitative estimate of drug-likeness (QED) is 0.818. The van der Waals surface area contributed by atoms with Gasteiger partial charge in [-0.2, -0.15) is 0 Å². The number of ether oxygens (including phenoxy) is 1. The summed E-state index contributed by atoms with van der Waals surface area (Å²) in [5, 5.41) is 6.55. The molecular formula is C16H31ClN2O2. The Labute approximate surface area is 135 Å². The Morgan fingerprint density at radius 2 is 2.05 bits per heavy atom. The zero-order valence-corrected chi connectivity index (χ0v) is 14.3. The summed E-state index contributed by atoms with van der Waals surface area (Å²) in [6, 6.07) is 0. The summed E-state index contributed by atoms with van der Waals surface area (Å²) < 4.78 is 5.33. The monoisotopic (exact) mass is 318 g/mol. The average Bonchev–Trinajstić information content (AvgIpc) is 2.46. The van der Waals surface area contributed by atoms with Crippen LogP contribution in [-0.4, -0.2) is 39.3 Å². The van der Waals surface area contributed by atoms with Gasteiger partial charge in [0.2, 0.25) is 5.91 Å². The Balaban J connectivity index is 0.00000220. The van der Waals surface area contributed by atoms with Crippen LogP contribution in [0.1, 0.15) is 45.4 Å². The molecule has 21 heavy (non-hydrogen) atoms. The normalized spacial score (nSPS) is 28.5. The lowest BCUT2D eigenvalue weighted by atomic mass is 9.78. The predicted octanol–water partition coefficient (Wildman–Crippen LogP) is 2.37. The summed E-state index contributed by atoms with van der Waals surface area (Å²) in [5.74, 6) is 1.69. The molecule has 1 aliphatic heterocycles. The third-order valence-electron chi connectivity index (χ3n) is 5.06. The molecule has 1 saturated carbocycles. The van der Waals surface area contributed by atoms with Crippen LogP contribution in [0, 0.1) is 17.3 Å². The van der Waals surface area contributed by atoms with Gasteiger partial charge in [0.15, 0.2) is 0 Å². The number of methoxy groups -OCH3 is 1. The van der Waals surface area contributed by atoms with Crippen molar-refractivity contribution in [2.45, 2.75) is 45.4 Å². The van der Waals surface area contributed by atoms with Crippen LogP contribution in [0.15, 0.2) is 0 Å². The van der Waals surface area contributed by atoms with Crippen molar-refractivity contribution in [2.24, 2.45) is 17.3 Å². The van der Waals surface area contributed by atoms with Gasteiger partial charge >= 0.3 is 0 Å². The van der Waals surface area contributed by atoms with Crippen LogP contribution in [-0.2, 0) is 9.53 Å². The van der Waals surface area contributed by atoms with E-state index in [1.807, 2.05) is 0 Å². The van der Waals surface area contributed by atoms with Gasteiger partial charge in [-0.05, 0) is 50.6 Å². The first-order valence-electron chi connectivity index (χ1n) is 8.14. The third kappa shape index (κ3) is 5.11. The van der Waals surface area contributed by atoms with E-state index in [4.69, 9.17) is 4.74 Å². The molecule has 0 aromatic carbocycles. The maximum atomic E-state index is 12.6. The van der Waals surface area contributed by atoms with Crippen molar-refractivity contribution >= 4 is 18.3 Å². The summed E-state index contributed by atoms with van der Waals surface area (Å²) >= 11 is 0. The Hall–Kier alpha value is -0.320. The highest BCUT2D eigenvalue weighted by Crippen LogP contribution is 2.31. The van der Waals surface area contributed by atoms with E-state index >= 15 is 0 Å². The molecule has 0 aromatic rings. The first-order valence-corrected chi connectivity index (χ1v) is 8.14. The van der Waals surface area contributed by atoms with Crippen LogP contribution in [0.2, 0.25) is 0 Å². The van der Waals surface area contributed by atoms with Gasteiger partial charge in [0.05, 0.1) is 12.0 Å². The van der Waals surface area contributed by atoms with Crippen LogP contribution in [0.25, 0.3) is 0 Å². The highest BCUT2D eigenvalue weighted by Gasteiger charge is 2.39. The molecule has 2 atom stereocenters. The molecule has 2 aliphatic rings. The van der Waals surface area contributed by atoms with E-state index in [-0.39, 0.29) is 23.7 Å². The lowest BCUT2D eigenvalue weighted by Crippen LogP contribution is -2.51. The molecule has 2 rings (SSSR count). The van der Waals surface area contributed by atoms with Crippen LogP contribution < -0.4 is 10.6 Å². The smallest absolute Gasteiger partial charge is 0.228 e. The Kier molecular flexibility index (Phi) is 7.99. The van der Waals surface area contributed by atoms with Gasteiger partial charge in [-0.3, -0.25) is 4.79 Å². The molecule has 4 nitrogen and oxygen atoms in total. The highest BCUT2D eigenvalue weighted by molar-refractivity contribution is 5.85. The first-order chi connectivity index (χ1) is 9.66. The molecule has 2 unspecified atom stereocenters. The van der Waals surface area contributed by atoms with E-state index in [0.717, 1.165) is 38.4 Å². The average molecular weight is 319 g/mol. The Morgan fingerprint density at radius 1 is 1.33 bits per heavy atom. The number of carbonyl (C=O) groups excluding carboxylic acids is 1. The molecule has 0 aromatic heterocycles. The van der Waals surface area contributed by atoms with E-state index < -0.39 is 0 Å². The summed E-state index contributed by atoms with van der Waals surface area (Å²) in [5.41, 5.74) is -0.305. The molecule has 5 heteroatoms. The van der Waals surface area contributed by atoms with E-state index in [1.54, 1.807) is 7.11 Å². The molecule has 124 valence electrons. The fourth-order valence-electron chi connectivity index (χ4n) is 3.79. The van der Waals surface area contributed by atoms with Crippen molar-refractivity contribution in [3.8, 4) is 0 Å². The number of hydrogen-bond acceptors (Lipinski definition) is 3. The molecule has 0 radical (unpaired) electrons. The summed E-state index contributed by atoms with van der Waals surface area (Å²) in [6.07, 6.45) is 6.96. The van der Waals surface area contributed by atoms with Crippen molar-refractivity contribution in [3.63, 3.8) is 0 Å².